The zero-order chi connectivity index (χ0) is 10.7. The zero-order valence-electron chi connectivity index (χ0n) is 8.77. The highest BCUT2D eigenvalue weighted by atomic mass is 16.5. The molecule has 0 atom stereocenters. The van der Waals surface area contributed by atoms with Gasteiger partial charge in [-0.25, -0.2) is 0 Å². The number of nitrogens with zero attached hydrogens (tertiary/aromatic N) is 2. The minimum Gasteiger partial charge on any atom is -0.497 e. The Morgan fingerprint density at radius 1 is 1.33 bits per heavy atom. The summed E-state index contributed by atoms with van der Waals surface area (Å²) in [6, 6.07) is 9.65. The smallest absolute Gasteiger partial charge is 0.152 e. The summed E-state index contributed by atoms with van der Waals surface area (Å²) >= 11 is 0. The number of aromatic nitrogens is 2. The van der Waals surface area contributed by atoms with Gasteiger partial charge in [-0.3, -0.25) is 4.68 Å². The van der Waals surface area contributed by atoms with Crippen LogP contribution in [0.4, 0.5) is 11.5 Å². The van der Waals surface area contributed by atoms with Crippen LogP contribution in [0, 0.1) is 0 Å². The molecule has 15 heavy (non-hydrogen) atoms. The molecule has 0 saturated heterocycles. The fourth-order valence-electron chi connectivity index (χ4n) is 1.33. The molecule has 1 heterocycles. The number of anilines is 2. The highest BCUT2D eigenvalue weighted by Crippen LogP contribution is 2.19. The van der Waals surface area contributed by atoms with Gasteiger partial charge in [-0.1, -0.05) is 6.07 Å². The van der Waals surface area contributed by atoms with E-state index in [0.717, 1.165) is 17.3 Å². The molecule has 0 fully saturated rings. The number of nitrogens with one attached hydrogen (secondary N) is 1. The first kappa shape index (κ1) is 9.58. The van der Waals surface area contributed by atoms with Crippen molar-refractivity contribution in [2.45, 2.75) is 0 Å². The summed E-state index contributed by atoms with van der Waals surface area (Å²) in [5.41, 5.74) is 0.966. The van der Waals surface area contributed by atoms with Crippen molar-refractivity contribution in [1.29, 1.82) is 0 Å². The van der Waals surface area contributed by atoms with Gasteiger partial charge in [0.15, 0.2) is 5.82 Å². The van der Waals surface area contributed by atoms with Gasteiger partial charge in [0, 0.05) is 31.1 Å². The lowest BCUT2D eigenvalue weighted by atomic mass is 10.3. The van der Waals surface area contributed by atoms with Crippen LogP contribution in [-0.4, -0.2) is 16.9 Å². The third-order valence-corrected chi connectivity index (χ3v) is 2.06. The Hall–Kier alpha value is -1.97. The fourth-order valence-corrected chi connectivity index (χ4v) is 1.33. The number of benzene rings is 1. The van der Waals surface area contributed by atoms with Crippen molar-refractivity contribution < 1.29 is 4.74 Å². The predicted octanol–water partition coefficient (Wildman–Crippen LogP) is 2.17. The van der Waals surface area contributed by atoms with Crippen LogP contribution < -0.4 is 10.1 Å². The number of aryl methyl sites for hydroxylation is 1. The summed E-state index contributed by atoms with van der Waals surface area (Å²) in [5.74, 6) is 1.65. The van der Waals surface area contributed by atoms with Crippen LogP contribution in [0.2, 0.25) is 0 Å². The van der Waals surface area contributed by atoms with Crippen molar-refractivity contribution >= 4 is 11.5 Å². The van der Waals surface area contributed by atoms with Crippen LogP contribution in [-0.2, 0) is 7.05 Å². The molecule has 0 saturated carbocycles. The SMILES string of the molecule is COc1cccc(Nc2ccn(C)n2)c1. The molecule has 2 rings (SSSR count). The fraction of sp³-hybridized carbons (Fsp3) is 0.182. The Balaban J connectivity index is 2.16. The molecule has 0 amide bonds. The van der Waals surface area contributed by atoms with Gasteiger partial charge >= 0.3 is 0 Å². The second-order valence-electron chi connectivity index (χ2n) is 3.23. The standard InChI is InChI=1S/C11H13N3O/c1-14-7-6-11(13-14)12-9-4-3-5-10(8-9)15-2/h3-8H,1-2H3,(H,12,13). The number of hydrogen-bond donors (Lipinski definition) is 1. The second-order valence-corrected chi connectivity index (χ2v) is 3.23. The maximum atomic E-state index is 5.13. The monoisotopic (exact) mass is 203 g/mol. The summed E-state index contributed by atoms with van der Waals surface area (Å²) in [6.07, 6.45) is 1.89. The van der Waals surface area contributed by atoms with E-state index < -0.39 is 0 Å². The lowest BCUT2D eigenvalue weighted by Crippen LogP contribution is -1.94. The van der Waals surface area contributed by atoms with Gasteiger partial charge in [0.25, 0.3) is 0 Å². The second kappa shape index (κ2) is 4.04. The molecule has 1 aromatic heterocycles. The first-order valence-electron chi connectivity index (χ1n) is 4.68. The van der Waals surface area contributed by atoms with E-state index in [9.17, 15) is 0 Å². The van der Waals surface area contributed by atoms with E-state index in [1.165, 1.54) is 0 Å². The molecule has 4 heteroatoms. The molecule has 1 N–H and O–H groups in total. The number of methoxy groups -OCH3 is 1. The van der Waals surface area contributed by atoms with Gasteiger partial charge in [-0.15, -0.1) is 0 Å². The average molecular weight is 203 g/mol. The van der Waals surface area contributed by atoms with Gasteiger partial charge in [0.2, 0.25) is 0 Å². The van der Waals surface area contributed by atoms with E-state index in [0.29, 0.717) is 0 Å². The van der Waals surface area contributed by atoms with E-state index in [4.69, 9.17) is 4.74 Å². The normalized spacial score (nSPS) is 10.0. The molecule has 0 aliphatic carbocycles. The van der Waals surface area contributed by atoms with Crippen LogP contribution in [0.5, 0.6) is 5.75 Å². The highest BCUT2D eigenvalue weighted by molar-refractivity contribution is 5.57. The molecule has 0 aliphatic heterocycles. The lowest BCUT2D eigenvalue weighted by Gasteiger charge is -2.04. The van der Waals surface area contributed by atoms with Crippen molar-refractivity contribution in [2.24, 2.45) is 7.05 Å². The zero-order valence-corrected chi connectivity index (χ0v) is 8.77. The Morgan fingerprint density at radius 2 is 2.20 bits per heavy atom. The third kappa shape index (κ3) is 2.28. The van der Waals surface area contributed by atoms with Crippen LogP contribution in [0.3, 0.4) is 0 Å². The molecule has 0 radical (unpaired) electrons. The van der Waals surface area contributed by atoms with E-state index in [2.05, 4.69) is 10.4 Å². The van der Waals surface area contributed by atoms with Crippen molar-refractivity contribution in [3.63, 3.8) is 0 Å². The minimum absolute atomic E-state index is 0.825. The minimum atomic E-state index is 0.825. The third-order valence-electron chi connectivity index (χ3n) is 2.06. The summed E-state index contributed by atoms with van der Waals surface area (Å²) in [7, 11) is 3.54. The van der Waals surface area contributed by atoms with Gasteiger partial charge in [-0.05, 0) is 12.1 Å². The summed E-state index contributed by atoms with van der Waals surface area (Å²) in [6.45, 7) is 0. The van der Waals surface area contributed by atoms with E-state index in [1.54, 1.807) is 11.8 Å². The highest BCUT2D eigenvalue weighted by Gasteiger charge is 1.98. The Kier molecular flexibility index (Phi) is 2.58. The number of hydrogen-bond acceptors (Lipinski definition) is 3. The van der Waals surface area contributed by atoms with E-state index in [1.807, 2.05) is 43.6 Å². The molecule has 0 spiro atoms. The van der Waals surface area contributed by atoms with Gasteiger partial charge in [-0.2, -0.15) is 5.10 Å². The molecule has 0 aliphatic rings. The number of rotatable bonds is 3. The first-order valence-corrected chi connectivity index (χ1v) is 4.68. The summed E-state index contributed by atoms with van der Waals surface area (Å²) in [4.78, 5) is 0. The molecule has 2 aromatic rings. The van der Waals surface area contributed by atoms with Crippen LogP contribution >= 0.6 is 0 Å². The Bertz CT molecular complexity index is 451. The van der Waals surface area contributed by atoms with Crippen LogP contribution in [0.25, 0.3) is 0 Å². The molecule has 78 valence electrons. The Labute approximate surface area is 88.5 Å². The van der Waals surface area contributed by atoms with Crippen LogP contribution in [0.1, 0.15) is 0 Å². The maximum absolute atomic E-state index is 5.13. The quantitative estimate of drug-likeness (QED) is 0.831. The van der Waals surface area contributed by atoms with Crippen molar-refractivity contribution in [3.05, 3.63) is 36.5 Å². The van der Waals surface area contributed by atoms with Gasteiger partial charge in [0.1, 0.15) is 5.75 Å². The molecule has 4 nitrogen and oxygen atoms in total. The van der Waals surface area contributed by atoms with Crippen molar-refractivity contribution in [1.82, 2.24) is 9.78 Å². The van der Waals surface area contributed by atoms with Gasteiger partial charge < -0.3 is 10.1 Å². The van der Waals surface area contributed by atoms with Crippen LogP contribution in [0.15, 0.2) is 36.5 Å². The lowest BCUT2D eigenvalue weighted by molar-refractivity contribution is 0.415. The number of ether oxygens (including phenoxy) is 1. The molecule has 0 unspecified atom stereocenters. The maximum Gasteiger partial charge on any atom is 0.152 e. The predicted molar refractivity (Wildman–Crippen MR) is 59.5 cm³/mol. The summed E-state index contributed by atoms with van der Waals surface area (Å²) < 4.78 is 6.88. The average Bonchev–Trinajstić information content (AvgIpc) is 2.64. The van der Waals surface area contributed by atoms with Gasteiger partial charge in [0.05, 0.1) is 7.11 Å². The molecular formula is C11H13N3O. The molecule has 1 aromatic carbocycles. The summed E-state index contributed by atoms with van der Waals surface area (Å²) in [5, 5.41) is 7.41. The van der Waals surface area contributed by atoms with Crippen molar-refractivity contribution in [3.8, 4) is 5.75 Å². The van der Waals surface area contributed by atoms with E-state index >= 15 is 0 Å². The van der Waals surface area contributed by atoms with Crippen molar-refractivity contribution in [2.75, 3.05) is 12.4 Å². The Morgan fingerprint density at radius 3 is 2.87 bits per heavy atom. The largest absolute Gasteiger partial charge is 0.497 e. The van der Waals surface area contributed by atoms with E-state index in [-0.39, 0.29) is 0 Å². The molecule has 0 bridgehead atoms. The first-order chi connectivity index (χ1) is 7.28. The molecular weight excluding hydrogens is 190 g/mol. The topological polar surface area (TPSA) is 39.1 Å².